The fraction of sp³-hybridized carbons (Fsp3) is 0.412. The average Bonchev–Trinajstić information content (AvgIpc) is 2.97. The Bertz CT molecular complexity index is 593. The highest BCUT2D eigenvalue weighted by Crippen LogP contribution is 2.41. The van der Waals surface area contributed by atoms with Crippen molar-refractivity contribution in [3.63, 3.8) is 0 Å². The lowest BCUT2D eigenvalue weighted by Gasteiger charge is -2.31. The van der Waals surface area contributed by atoms with E-state index in [9.17, 15) is 0 Å². The molecule has 21 heavy (non-hydrogen) atoms. The van der Waals surface area contributed by atoms with E-state index in [0.717, 1.165) is 30.3 Å². The number of hydrogen-bond acceptors (Lipinski definition) is 4. The summed E-state index contributed by atoms with van der Waals surface area (Å²) >= 11 is 0. The van der Waals surface area contributed by atoms with E-state index in [-0.39, 0.29) is 6.04 Å². The van der Waals surface area contributed by atoms with E-state index in [2.05, 4.69) is 17.4 Å². The Morgan fingerprint density at radius 1 is 1.29 bits per heavy atom. The minimum atomic E-state index is 0.139. The lowest BCUT2D eigenvalue weighted by atomic mass is 9.85. The number of benzene rings is 1. The van der Waals surface area contributed by atoms with Crippen molar-refractivity contribution in [1.29, 1.82) is 0 Å². The maximum Gasteiger partial charge on any atom is 0.129 e. The third-order valence-electron chi connectivity index (χ3n) is 3.99. The smallest absolute Gasteiger partial charge is 0.129 e. The fourth-order valence-corrected chi connectivity index (χ4v) is 3.04. The molecule has 0 bridgehead atoms. The van der Waals surface area contributed by atoms with Gasteiger partial charge >= 0.3 is 0 Å². The molecule has 1 aromatic carbocycles. The van der Waals surface area contributed by atoms with Gasteiger partial charge in [-0.1, -0.05) is 18.2 Å². The van der Waals surface area contributed by atoms with Crippen LogP contribution in [0.5, 0.6) is 5.75 Å². The quantitative estimate of drug-likeness (QED) is 0.916. The minimum absolute atomic E-state index is 0.139. The summed E-state index contributed by atoms with van der Waals surface area (Å²) in [7, 11) is 3.65. The first kappa shape index (κ1) is 14.2. The standard InChI is InChI=1S/C17H21NO3/c1-18-17(16-8-7-12(21-16)11-19-2)14-9-10-20-15-6-4-3-5-13(14)15/h3-8,14,17-18H,9-11H2,1-2H3. The van der Waals surface area contributed by atoms with Crippen molar-refractivity contribution in [2.75, 3.05) is 20.8 Å². The van der Waals surface area contributed by atoms with E-state index >= 15 is 0 Å². The summed E-state index contributed by atoms with van der Waals surface area (Å²) in [6.45, 7) is 1.24. The monoisotopic (exact) mass is 287 g/mol. The molecule has 4 heteroatoms. The van der Waals surface area contributed by atoms with E-state index in [1.165, 1.54) is 5.56 Å². The first-order valence-electron chi connectivity index (χ1n) is 7.30. The van der Waals surface area contributed by atoms with Crippen molar-refractivity contribution in [1.82, 2.24) is 5.32 Å². The largest absolute Gasteiger partial charge is 0.493 e. The van der Waals surface area contributed by atoms with E-state index < -0.39 is 0 Å². The van der Waals surface area contributed by atoms with Crippen LogP contribution >= 0.6 is 0 Å². The van der Waals surface area contributed by atoms with Crippen LogP contribution in [-0.4, -0.2) is 20.8 Å². The lowest BCUT2D eigenvalue weighted by Crippen LogP contribution is -2.27. The molecule has 4 nitrogen and oxygen atoms in total. The molecule has 2 aromatic rings. The molecular weight excluding hydrogens is 266 g/mol. The number of methoxy groups -OCH3 is 1. The van der Waals surface area contributed by atoms with E-state index in [0.29, 0.717) is 12.5 Å². The molecule has 0 spiro atoms. The number of rotatable bonds is 5. The summed E-state index contributed by atoms with van der Waals surface area (Å²) in [5, 5.41) is 3.39. The number of nitrogens with one attached hydrogen (secondary N) is 1. The molecular formula is C17H21NO3. The molecule has 0 saturated heterocycles. The number of para-hydroxylation sites is 1. The zero-order valence-corrected chi connectivity index (χ0v) is 12.5. The highest BCUT2D eigenvalue weighted by molar-refractivity contribution is 5.39. The van der Waals surface area contributed by atoms with Crippen LogP contribution in [0, 0.1) is 0 Å². The van der Waals surface area contributed by atoms with Gasteiger partial charge in [0.1, 0.15) is 23.9 Å². The van der Waals surface area contributed by atoms with Crippen molar-refractivity contribution in [2.24, 2.45) is 0 Å². The SMILES string of the molecule is CNC(c1ccc(COC)o1)C1CCOc2ccccc21. The van der Waals surface area contributed by atoms with Gasteiger partial charge in [-0.05, 0) is 37.2 Å². The molecule has 0 amide bonds. The summed E-state index contributed by atoms with van der Waals surface area (Å²) in [5.41, 5.74) is 1.24. The number of likely N-dealkylation sites (N-methyl/N-ethyl adjacent to an activating group) is 1. The molecule has 0 saturated carbocycles. The van der Waals surface area contributed by atoms with Crippen LogP contribution in [-0.2, 0) is 11.3 Å². The summed E-state index contributed by atoms with van der Waals surface area (Å²) in [5.74, 6) is 3.14. The van der Waals surface area contributed by atoms with Gasteiger partial charge in [0.15, 0.2) is 0 Å². The van der Waals surface area contributed by atoms with Crippen molar-refractivity contribution >= 4 is 0 Å². The molecule has 2 atom stereocenters. The molecule has 0 aliphatic carbocycles. The van der Waals surface area contributed by atoms with Crippen LogP contribution < -0.4 is 10.1 Å². The van der Waals surface area contributed by atoms with Crippen molar-refractivity contribution in [3.05, 3.63) is 53.5 Å². The van der Waals surface area contributed by atoms with E-state index in [1.54, 1.807) is 7.11 Å². The van der Waals surface area contributed by atoms with Crippen molar-refractivity contribution in [2.45, 2.75) is 25.0 Å². The molecule has 2 heterocycles. The molecule has 3 rings (SSSR count). The molecule has 112 valence electrons. The number of ether oxygens (including phenoxy) is 2. The first-order valence-corrected chi connectivity index (χ1v) is 7.30. The Labute approximate surface area is 125 Å². The summed E-state index contributed by atoms with van der Waals surface area (Å²) in [4.78, 5) is 0. The molecule has 1 aliphatic rings. The second kappa shape index (κ2) is 6.33. The third-order valence-corrected chi connectivity index (χ3v) is 3.99. The zero-order chi connectivity index (χ0) is 14.7. The first-order chi connectivity index (χ1) is 10.3. The normalized spacial score (nSPS) is 18.9. The number of fused-ring (bicyclic) bond motifs is 1. The lowest BCUT2D eigenvalue weighted by molar-refractivity contribution is 0.160. The Kier molecular flexibility index (Phi) is 4.27. The highest BCUT2D eigenvalue weighted by atomic mass is 16.5. The van der Waals surface area contributed by atoms with Gasteiger partial charge in [0, 0.05) is 13.0 Å². The van der Waals surface area contributed by atoms with E-state index in [1.807, 2.05) is 31.3 Å². The van der Waals surface area contributed by atoms with Gasteiger partial charge in [-0.2, -0.15) is 0 Å². The molecule has 0 fully saturated rings. The molecule has 1 N–H and O–H groups in total. The van der Waals surface area contributed by atoms with Crippen LogP contribution in [0.3, 0.4) is 0 Å². The summed E-state index contributed by atoms with van der Waals surface area (Å²) in [6.07, 6.45) is 0.975. The predicted octanol–water partition coefficient (Wildman–Crippen LogP) is 3.25. The van der Waals surface area contributed by atoms with Gasteiger partial charge in [0.05, 0.1) is 12.6 Å². The maximum atomic E-state index is 5.92. The molecule has 0 radical (unpaired) electrons. The van der Waals surface area contributed by atoms with Gasteiger partial charge in [-0.15, -0.1) is 0 Å². The number of furan rings is 1. The third kappa shape index (κ3) is 2.82. The Morgan fingerprint density at radius 2 is 2.14 bits per heavy atom. The van der Waals surface area contributed by atoms with Gasteiger partial charge in [0.2, 0.25) is 0 Å². The van der Waals surface area contributed by atoms with Crippen LogP contribution in [0.15, 0.2) is 40.8 Å². The Balaban J connectivity index is 1.89. The Morgan fingerprint density at radius 3 is 2.95 bits per heavy atom. The van der Waals surface area contributed by atoms with Gasteiger partial charge in [-0.25, -0.2) is 0 Å². The second-order valence-electron chi connectivity index (χ2n) is 5.28. The summed E-state index contributed by atoms with van der Waals surface area (Å²) < 4.78 is 16.8. The minimum Gasteiger partial charge on any atom is -0.493 e. The number of hydrogen-bond donors (Lipinski definition) is 1. The van der Waals surface area contributed by atoms with Crippen molar-refractivity contribution in [3.8, 4) is 5.75 Å². The topological polar surface area (TPSA) is 43.6 Å². The highest BCUT2D eigenvalue weighted by Gasteiger charge is 2.30. The molecule has 1 aromatic heterocycles. The van der Waals surface area contributed by atoms with Crippen LogP contribution in [0.2, 0.25) is 0 Å². The second-order valence-corrected chi connectivity index (χ2v) is 5.28. The Hall–Kier alpha value is -1.78. The molecule has 2 unspecified atom stereocenters. The van der Waals surface area contributed by atoms with Crippen molar-refractivity contribution < 1.29 is 13.9 Å². The van der Waals surface area contributed by atoms with Crippen LogP contribution in [0.1, 0.15) is 35.5 Å². The maximum absolute atomic E-state index is 5.92. The van der Waals surface area contributed by atoms with Gasteiger partial charge < -0.3 is 19.2 Å². The van der Waals surface area contributed by atoms with Crippen LogP contribution in [0.4, 0.5) is 0 Å². The van der Waals surface area contributed by atoms with Crippen LogP contribution in [0.25, 0.3) is 0 Å². The van der Waals surface area contributed by atoms with Gasteiger partial charge in [0.25, 0.3) is 0 Å². The average molecular weight is 287 g/mol. The fourth-order valence-electron chi connectivity index (χ4n) is 3.04. The van der Waals surface area contributed by atoms with Gasteiger partial charge in [-0.3, -0.25) is 0 Å². The molecule has 1 aliphatic heterocycles. The predicted molar refractivity (Wildman–Crippen MR) is 80.5 cm³/mol. The summed E-state index contributed by atoms with van der Waals surface area (Å²) in [6, 6.07) is 12.4. The zero-order valence-electron chi connectivity index (χ0n) is 12.5. The van der Waals surface area contributed by atoms with E-state index in [4.69, 9.17) is 13.9 Å².